The summed E-state index contributed by atoms with van der Waals surface area (Å²) in [6.07, 6.45) is 1.77. The molecular formula is C5H8N2S. The summed E-state index contributed by atoms with van der Waals surface area (Å²) in [5, 5.41) is 0. The van der Waals surface area contributed by atoms with E-state index in [2.05, 4.69) is 4.37 Å². The Morgan fingerprint density at radius 2 is 2.62 bits per heavy atom. The van der Waals surface area contributed by atoms with Crippen LogP contribution in [0.2, 0.25) is 0 Å². The summed E-state index contributed by atoms with van der Waals surface area (Å²) in [6.45, 7) is 1.95. The molecule has 0 aromatic carbocycles. The molecule has 0 aliphatic rings. The second kappa shape index (κ2) is 2.24. The second-order valence-corrected chi connectivity index (χ2v) is 2.57. The van der Waals surface area contributed by atoms with Crippen LogP contribution in [0.3, 0.4) is 0 Å². The van der Waals surface area contributed by atoms with Crippen LogP contribution in [-0.2, 0) is 0 Å². The first-order chi connectivity index (χ1) is 3.80. The third kappa shape index (κ3) is 1.05. The van der Waals surface area contributed by atoms with Crippen LogP contribution in [0.25, 0.3) is 0 Å². The Morgan fingerprint density at radius 1 is 1.88 bits per heavy atom. The van der Waals surface area contributed by atoms with Crippen molar-refractivity contribution in [1.29, 1.82) is 0 Å². The van der Waals surface area contributed by atoms with Crippen molar-refractivity contribution in [2.75, 3.05) is 0 Å². The van der Waals surface area contributed by atoms with E-state index in [1.54, 1.807) is 6.20 Å². The number of aromatic nitrogens is 1. The highest BCUT2D eigenvalue weighted by atomic mass is 32.1. The maximum atomic E-state index is 5.53. The molecule has 1 atom stereocenters. The monoisotopic (exact) mass is 128 g/mol. The lowest BCUT2D eigenvalue weighted by Gasteiger charge is -1.95. The van der Waals surface area contributed by atoms with Crippen molar-refractivity contribution in [3.05, 3.63) is 17.1 Å². The summed E-state index contributed by atoms with van der Waals surface area (Å²) in [5.74, 6) is 0. The van der Waals surface area contributed by atoms with Gasteiger partial charge < -0.3 is 5.73 Å². The maximum absolute atomic E-state index is 5.53. The highest BCUT2D eigenvalue weighted by Gasteiger charge is 1.97. The minimum absolute atomic E-state index is 0.141. The molecule has 0 fully saturated rings. The van der Waals surface area contributed by atoms with Gasteiger partial charge in [-0.1, -0.05) is 0 Å². The molecule has 1 rings (SSSR count). The molecule has 0 bridgehead atoms. The lowest BCUT2D eigenvalue weighted by Crippen LogP contribution is -2.01. The first kappa shape index (κ1) is 5.72. The van der Waals surface area contributed by atoms with E-state index < -0.39 is 0 Å². The zero-order valence-electron chi connectivity index (χ0n) is 4.66. The molecule has 0 saturated heterocycles. The van der Waals surface area contributed by atoms with Crippen molar-refractivity contribution >= 4 is 11.5 Å². The minimum Gasteiger partial charge on any atom is -0.323 e. The Bertz CT molecular complexity index is 145. The second-order valence-electron chi connectivity index (χ2n) is 1.70. The number of hydrogen-bond donors (Lipinski definition) is 1. The molecule has 8 heavy (non-hydrogen) atoms. The Balaban J connectivity index is 2.77. The van der Waals surface area contributed by atoms with Gasteiger partial charge in [0, 0.05) is 17.1 Å². The summed E-state index contributed by atoms with van der Waals surface area (Å²) in [7, 11) is 0. The van der Waals surface area contributed by atoms with E-state index in [-0.39, 0.29) is 6.04 Å². The van der Waals surface area contributed by atoms with Crippen LogP contribution in [0.4, 0.5) is 0 Å². The molecule has 1 aromatic heterocycles. The maximum Gasteiger partial charge on any atom is 0.0417 e. The van der Waals surface area contributed by atoms with Crippen LogP contribution in [0.15, 0.2) is 12.3 Å². The summed E-state index contributed by atoms with van der Waals surface area (Å²) in [5.41, 5.74) is 5.53. The third-order valence-electron chi connectivity index (χ3n) is 0.907. The van der Waals surface area contributed by atoms with E-state index >= 15 is 0 Å². The Kier molecular flexibility index (Phi) is 1.60. The number of nitrogens with zero attached hydrogens (tertiary/aromatic N) is 1. The topological polar surface area (TPSA) is 38.9 Å². The zero-order chi connectivity index (χ0) is 5.98. The Morgan fingerprint density at radius 3 is 2.88 bits per heavy atom. The smallest absolute Gasteiger partial charge is 0.0417 e. The van der Waals surface area contributed by atoms with Gasteiger partial charge in [-0.05, 0) is 24.5 Å². The highest BCUT2D eigenvalue weighted by Crippen LogP contribution is 2.11. The molecule has 0 amide bonds. The number of hydrogen-bond acceptors (Lipinski definition) is 3. The van der Waals surface area contributed by atoms with Crippen LogP contribution < -0.4 is 5.73 Å². The van der Waals surface area contributed by atoms with Crippen molar-refractivity contribution in [2.45, 2.75) is 13.0 Å². The molecule has 0 saturated carbocycles. The van der Waals surface area contributed by atoms with Crippen LogP contribution >= 0.6 is 11.5 Å². The van der Waals surface area contributed by atoms with Gasteiger partial charge in [0.25, 0.3) is 0 Å². The van der Waals surface area contributed by atoms with Gasteiger partial charge in [-0.2, -0.15) is 0 Å². The van der Waals surface area contributed by atoms with Crippen LogP contribution in [0, 0.1) is 0 Å². The van der Waals surface area contributed by atoms with Crippen molar-refractivity contribution in [1.82, 2.24) is 4.37 Å². The largest absolute Gasteiger partial charge is 0.323 e. The van der Waals surface area contributed by atoms with E-state index in [0.717, 1.165) is 4.88 Å². The zero-order valence-corrected chi connectivity index (χ0v) is 5.48. The number of rotatable bonds is 1. The van der Waals surface area contributed by atoms with E-state index in [9.17, 15) is 0 Å². The van der Waals surface area contributed by atoms with Crippen molar-refractivity contribution in [3.8, 4) is 0 Å². The minimum atomic E-state index is 0.141. The van der Waals surface area contributed by atoms with E-state index in [4.69, 9.17) is 5.73 Å². The molecule has 0 aliphatic carbocycles. The molecule has 44 valence electrons. The summed E-state index contributed by atoms with van der Waals surface area (Å²) >= 11 is 1.46. The molecule has 0 unspecified atom stereocenters. The molecule has 0 spiro atoms. The normalized spacial score (nSPS) is 13.8. The fourth-order valence-electron chi connectivity index (χ4n) is 0.461. The van der Waals surface area contributed by atoms with Crippen LogP contribution in [-0.4, -0.2) is 4.37 Å². The van der Waals surface area contributed by atoms with E-state index in [1.807, 2.05) is 13.0 Å². The van der Waals surface area contributed by atoms with Gasteiger partial charge in [0.05, 0.1) is 0 Å². The van der Waals surface area contributed by atoms with Crippen molar-refractivity contribution < 1.29 is 0 Å². The molecule has 3 heteroatoms. The first-order valence-corrected chi connectivity index (χ1v) is 3.24. The standard InChI is InChI=1S/C5H8N2S/c1-4(6)5-2-3-7-8-5/h2-4H,6H2,1H3/t4-/m1/s1. The van der Waals surface area contributed by atoms with Gasteiger partial charge in [0.1, 0.15) is 0 Å². The van der Waals surface area contributed by atoms with E-state index in [0.29, 0.717) is 0 Å². The van der Waals surface area contributed by atoms with Gasteiger partial charge in [0.2, 0.25) is 0 Å². The molecule has 0 radical (unpaired) electrons. The molecule has 2 N–H and O–H groups in total. The SMILES string of the molecule is C[C@@H](N)c1ccns1. The van der Waals surface area contributed by atoms with Crippen LogP contribution in [0.1, 0.15) is 17.8 Å². The molecule has 1 aromatic rings. The molecule has 2 nitrogen and oxygen atoms in total. The van der Waals surface area contributed by atoms with Crippen molar-refractivity contribution in [3.63, 3.8) is 0 Å². The van der Waals surface area contributed by atoms with Gasteiger partial charge >= 0.3 is 0 Å². The third-order valence-corrected chi connectivity index (χ3v) is 1.85. The lowest BCUT2D eigenvalue weighted by atomic mass is 10.3. The van der Waals surface area contributed by atoms with Gasteiger partial charge in [-0.15, -0.1) is 0 Å². The summed E-state index contributed by atoms with van der Waals surface area (Å²) in [6, 6.07) is 2.08. The van der Waals surface area contributed by atoms with Crippen LogP contribution in [0.5, 0.6) is 0 Å². The van der Waals surface area contributed by atoms with E-state index in [1.165, 1.54) is 11.5 Å². The van der Waals surface area contributed by atoms with Gasteiger partial charge in [-0.3, -0.25) is 0 Å². The summed E-state index contributed by atoms with van der Waals surface area (Å²) in [4.78, 5) is 1.14. The fraction of sp³-hybridized carbons (Fsp3) is 0.400. The first-order valence-electron chi connectivity index (χ1n) is 2.47. The predicted octanol–water partition coefficient (Wildman–Crippen LogP) is 1.16. The molecule has 1 heterocycles. The highest BCUT2D eigenvalue weighted by molar-refractivity contribution is 7.05. The van der Waals surface area contributed by atoms with Gasteiger partial charge in [-0.25, -0.2) is 4.37 Å². The molecule has 0 aliphatic heterocycles. The fourth-order valence-corrected chi connectivity index (χ4v) is 0.992. The number of nitrogens with two attached hydrogens (primary N) is 1. The Labute approximate surface area is 52.5 Å². The average molecular weight is 128 g/mol. The quantitative estimate of drug-likeness (QED) is 0.616. The average Bonchev–Trinajstić information content (AvgIpc) is 2.12. The summed E-state index contributed by atoms with van der Waals surface area (Å²) < 4.78 is 3.91. The van der Waals surface area contributed by atoms with Gasteiger partial charge in [0.15, 0.2) is 0 Å². The molecular weight excluding hydrogens is 120 g/mol. The predicted molar refractivity (Wildman–Crippen MR) is 34.7 cm³/mol. The van der Waals surface area contributed by atoms with Crippen molar-refractivity contribution in [2.24, 2.45) is 5.73 Å². The lowest BCUT2D eigenvalue weighted by molar-refractivity contribution is 0.838. The Hall–Kier alpha value is -0.410.